The molecule has 5 rings (SSSR count). The Kier molecular flexibility index (Phi) is 10.6. The number of para-hydroxylation sites is 1. The third kappa shape index (κ3) is 7.92. The number of hydrogen-bond acceptors (Lipinski definition) is 6. The molecule has 45 heavy (non-hydrogen) atoms. The summed E-state index contributed by atoms with van der Waals surface area (Å²) in [6, 6.07) is 21.4. The second-order valence-corrected chi connectivity index (χ2v) is 24.5. The molecule has 1 fully saturated rings. The minimum atomic E-state index is -1.79. The normalized spacial score (nSPS) is 19.8. The molecular weight excluding hydrogens is 683 g/mol. The first-order chi connectivity index (χ1) is 21.6. The van der Waals surface area contributed by atoms with Crippen LogP contribution < -0.4 is 37.5 Å². The van der Waals surface area contributed by atoms with E-state index in [0.717, 1.165) is 34.1 Å². The number of aliphatic carboxylic acids is 1. The molecular formula is C36H46IN2O6-. The van der Waals surface area contributed by atoms with Crippen molar-refractivity contribution in [2.75, 3.05) is 53.2 Å². The molecule has 2 aliphatic rings. The standard InChI is InChI=1S/C36H46IN2O6/c1-6-7-17-39(28-13-10-11-25(18-28)21-37(2,3)4)34(40)23-38-22-29(26-15-16-32-33(20-26)45-24-44-32)35(36(41)42)30(38)19-27-12-8-9-14-31(27)43-5/h8-16,18,20,29-30,35H,6-7,17,19,21-24H2,1-5H3,(H,41,42)/q-1/t29-,30+,35-/m1/s1. The molecule has 1 saturated heterocycles. The van der Waals surface area contributed by atoms with E-state index in [2.05, 4.69) is 44.8 Å². The molecule has 1 N–H and O–H groups in total. The number of carboxylic acid groups (broad SMARTS) is 1. The summed E-state index contributed by atoms with van der Waals surface area (Å²) in [5, 5.41) is 10.7. The number of benzene rings is 3. The Morgan fingerprint density at radius 2 is 1.80 bits per heavy atom. The number of rotatable bonds is 13. The van der Waals surface area contributed by atoms with Crippen molar-refractivity contribution in [2.24, 2.45) is 5.92 Å². The Bertz CT molecular complexity index is 1500. The van der Waals surface area contributed by atoms with Crippen molar-refractivity contribution < 1.29 is 47.3 Å². The van der Waals surface area contributed by atoms with Gasteiger partial charge in [-0.2, -0.15) is 0 Å². The second-order valence-electron chi connectivity index (χ2n) is 12.7. The van der Waals surface area contributed by atoms with E-state index >= 15 is 0 Å². The zero-order valence-corrected chi connectivity index (χ0v) is 29.2. The second kappa shape index (κ2) is 14.4. The maximum atomic E-state index is 14.3. The average Bonchev–Trinajstić information content (AvgIpc) is 3.61. The number of unbranched alkanes of at least 4 members (excludes halogenated alkanes) is 1. The van der Waals surface area contributed by atoms with Crippen LogP contribution in [0.2, 0.25) is 0 Å². The van der Waals surface area contributed by atoms with Gasteiger partial charge >= 0.3 is 208 Å². The third-order valence-corrected chi connectivity index (χ3v) is 11.8. The zero-order chi connectivity index (χ0) is 32.1. The number of alkyl halides is 4. The number of carbonyl (C=O) groups is 2. The van der Waals surface area contributed by atoms with Gasteiger partial charge in [-0.15, -0.1) is 0 Å². The summed E-state index contributed by atoms with van der Waals surface area (Å²) < 4.78 is 17.9. The average molecular weight is 730 g/mol. The molecule has 0 bridgehead atoms. The number of hydrogen-bond donors (Lipinski definition) is 1. The van der Waals surface area contributed by atoms with Crippen molar-refractivity contribution in [3.63, 3.8) is 0 Å². The molecule has 3 atom stereocenters. The predicted molar refractivity (Wildman–Crippen MR) is 174 cm³/mol. The van der Waals surface area contributed by atoms with Crippen LogP contribution in [-0.4, -0.2) is 76.3 Å². The van der Waals surface area contributed by atoms with Gasteiger partial charge in [0.05, 0.1) is 7.11 Å². The monoisotopic (exact) mass is 729 g/mol. The number of nitrogens with zero attached hydrogens (tertiary/aromatic N) is 2. The number of methoxy groups -OCH3 is 1. The molecule has 244 valence electrons. The summed E-state index contributed by atoms with van der Waals surface area (Å²) >= 11 is -1.79. The summed E-state index contributed by atoms with van der Waals surface area (Å²) in [5.41, 5.74) is 3.98. The molecule has 0 saturated carbocycles. The fourth-order valence-corrected chi connectivity index (χ4v) is 9.69. The summed E-state index contributed by atoms with van der Waals surface area (Å²) in [7, 11) is 1.63. The van der Waals surface area contributed by atoms with Gasteiger partial charge in [-0.1, -0.05) is 12.1 Å². The van der Waals surface area contributed by atoms with Crippen molar-refractivity contribution in [3.8, 4) is 17.2 Å². The number of carbonyl (C=O) groups excluding carboxylic acids is 1. The number of halogens is 1. The molecule has 2 heterocycles. The van der Waals surface area contributed by atoms with E-state index < -0.39 is 36.4 Å². The first-order valence-electron chi connectivity index (χ1n) is 15.5. The molecule has 1 amide bonds. The number of amides is 1. The Labute approximate surface area is 271 Å². The van der Waals surface area contributed by atoms with Crippen LogP contribution in [0.15, 0.2) is 66.7 Å². The molecule has 0 radical (unpaired) electrons. The number of anilines is 1. The van der Waals surface area contributed by atoms with E-state index in [9.17, 15) is 14.7 Å². The van der Waals surface area contributed by atoms with Gasteiger partial charge in [-0.3, -0.25) is 0 Å². The van der Waals surface area contributed by atoms with Gasteiger partial charge < -0.3 is 14.2 Å². The van der Waals surface area contributed by atoms with Crippen LogP contribution >= 0.6 is 0 Å². The predicted octanol–water partition coefficient (Wildman–Crippen LogP) is 2.52. The van der Waals surface area contributed by atoms with Crippen LogP contribution in [0.25, 0.3) is 0 Å². The van der Waals surface area contributed by atoms with E-state index in [1.807, 2.05) is 53.4 Å². The summed E-state index contributed by atoms with van der Waals surface area (Å²) in [5.74, 6) is 0.0173. The number of carboxylic acids is 1. The van der Waals surface area contributed by atoms with Gasteiger partial charge in [-0.25, -0.2) is 0 Å². The van der Waals surface area contributed by atoms with Gasteiger partial charge in [0.1, 0.15) is 0 Å². The van der Waals surface area contributed by atoms with Crippen molar-refractivity contribution in [1.29, 1.82) is 0 Å². The van der Waals surface area contributed by atoms with Crippen LogP contribution in [0.4, 0.5) is 5.69 Å². The molecule has 3 aromatic rings. The summed E-state index contributed by atoms with van der Waals surface area (Å²) in [6.45, 7) is 3.45. The van der Waals surface area contributed by atoms with E-state index in [-0.39, 0.29) is 25.2 Å². The number of fused-ring (bicyclic) bond motifs is 1. The van der Waals surface area contributed by atoms with Crippen molar-refractivity contribution in [3.05, 3.63) is 83.4 Å². The van der Waals surface area contributed by atoms with Gasteiger partial charge in [0.15, 0.2) is 11.5 Å². The molecule has 3 aromatic carbocycles. The fourth-order valence-electron chi connectivity index (χ4n) is 6.57. The molecule has 2 aliphatic heterocycles. The van der Waals surface area contributed by atoms with E-state index in [1.54, 1.807) is 7.11 Å². The zero-order valence-electron chi connectivity index (χ0n) is 27.0. The van der Waals surface area contributed by atoms with Crippen molar-refractivity contribution in [2.45, 2.75) is 42.6 Å². The quantitative estimate of drug-likeness (QED) is 0.214. The van der Waals surface area contributed by atoms with Crippen LogP contribution in [0, 0.1) is 5.92 Å². The fraction of sp³-hybridized carbons (Fsp3) is 0.444. The maximum absolute atomic E-state index is 14.3. The van der Waals surface area contributed by atoms with Crippen LogP contribution in [0.3, 0.4) is 0 Å². The van der Waals surface area contributed by atoms with Gasteiger partial charge in [0.2, 0.25) is 6.79 Å². The molecule has 0 aromatic heterocycles. The Morgan fingerprint density at radius 1 is 1.02 bits per heavy atom. The topological polar surface area (TPSA) is 88.5 Å². The third-order valence-electron chi connectivity index (χ3n) is 8.63. The van der Waals surface area contributed by atoms with E-state index in [4.69, 9.17) is 14.2 Å². The van der Waals surface area contributed by atoms with Gasteiger partial charge in [-0.05, 0) is 12.1 Å². The Balaban J connectivity index is 1.48. The number of likely N-dealkylation sites (tertiary alicyclic amines) is 1. The molecule has 0 aliphatic carbocycles. The van der Waals surface area contributed by atoms with Gasteiger partial charge in [0, 0.05) is 0 Å². The molecule has 9 heteroatoms. The van der Waals surface area contributed by atoms with E-state index in [1.165, 1.54) is 5.56 Å². The summed E-state index contributed by atoms with van der Waals surface area (Å²) in [6.07, 6.45) is 2.29. The minimum absolute atomic E-state index is 0.0160. The first kappa shape index (κ1) is 33.1. The van der Waals surface area contributed by atoms with Crippen LogP contribution in [0.1, 0.15) is 42.4 Å². The van der Waals surface area contributed by atoms with Crippen LogP contribution in [-0.2, 0) is 20.4 Å². The Morgan fingerprint density at radius 3 is 2.53 bits per heavy atom. The van der Waals surface area contributed by atoms with Crippen molar-refractivity contribution >= 4 is 17.6 Å². The number of ether oxygens (including phenoxy) is 3. The van der Waals surface area contributed by atoms with Gasteiger partial charge in [0.25, 0.3) is 0 Å². The van der Waals surface area contributed by atoms with Crippen LogP contribution in [0.5, 0.6) is 17.2 Å². The van der Waals surface area contributed by atoms with Crippen molar-refractivity contribution in [1.82, 2.24) is 4.90 Å². The van der Waals surface area contributed by atoms with E-state index in [0.29, 0.717) is 36.8 Å². The molecule has 8 nitrogen and oxygen atoms in total. The molecule has 0 spiro atoms. The Hall–Kier alpha value is -3.31. The first-order valence-corrected chi connectivity index (χ1v) is 23.5. The summed E-state index contributed by atoms with van der Waals surface area (Å²) in [4.78, 5) is 38.5. The SMILES string of the molecule is CCCCN(C(=O)CN1C[C@H](c2ccc3c(c2)OCO3)[C@@H](C(=O)O)[C@@H]1Cc1ccccc1OC)c1cccc(C[I-](C)(C)C)c1. The molecule has 0 unspecified atom stereocenters.